The Morgan fingerprint density at radius 1 is 1.59 bits per heavy atom. The highest BCUT2D eigenvalue weighted by atomic mass is 32.2. The van der Waals surface area contributed by atoms with Gasteiger partial charge in [-0.3, -0.25) is 4.79 Å². The van der Waals surface area contributed by atoms with Gasteiger partial charge < -0.3 is 14.2 Å². The van der Waals surface area contributed by atoms with Crippen LogP contribution in [0.4, 0.5) is 0 Å². The van der Waals surface area contributed by atoms with Gasteiger partial charge in [0.05, 0.1) is 18.8 Å². The predicted molar refractivity (Wildman–Crippen MR) is 63.5 cm³/mol. The van der Waals surface area contributed by atoms with E-state index in [2.05, 4.69) is 11.3 Å². The molecule has 1 heterocycles. The quantitative estimate of drug-likeness (QED) is 0.545. The second-order valence-electron chi connectivity index (χ2n) is 3.63. The summed E-state index contributed by atoms with van der Waals surface area (Å²) in [6.07, 6.45) is 1.07. The van der Waals surface area contributed by atoms with Crippen molar-refractivity contribution >= 4 is 23.7 Å². The third-order valence-electron chi connectivity index (χ3n) is 2.05. The van der Waals surface area contributed by atoms with E-state index < -0.39 is 17.7 Å². The van der Waals surface area contributed by atoms with Gasteiger partial charge in [0, 0.05) is 18.8 Å². The minimum absolute atomic E-state index is 0.00703. The maximum Gasteiger partial charge on any atom is 0.330 e. The number of esters is 2. The smallest absolute Gasteiger partial charge is 0.330 e. The summed E-state index contributed by atoms with van der Waals surface area (Å²) in [5, 5.41) is 0. The standard InChI is InChI=1S/C11H16O5S/c1-3-9(12)14-5-4-10(13)16-11(2)8-17-7-6-15-11/h3H,1,4-8H2,2H3. The highest BCUT2D eigenvalue weighted by Crippen LogP contribution is 2.24. The summed E-state index contributed by atoms with van der Waals surface area (Å²) < 4.78 is 15.3. The van der Waals surface area contributed by atoms with E-state index in [0.717, 1.165) is 11.8 Å². The lowest BCUT2D eigenvalue weighted by atomic mass is 10.3. The summed E-state index contributed by atoms with van der Waals surface area (Å²) in [5.74, 6) is -0.321. The van der Waals surface area contributed by atoms with Crippen molar-refractivity contribution in [2.45, 2.75) is 19.1 Å². The van der Waals surface area contributed by atoms with Crippen LogP contribution >= 0.6 is 11.8 Å². The molecule has 0 bridgehead atoms. The maximum atomic E-state index is 11.5. The molecule has 0 N–H and O–H groups in total. The van der Waals surface area contributed by atoms with Crippen LogP contribution in [0.15, 0.2) is 12.7 Å². The van der Waals surface area contributed by atoms with E-state index in [0.29, 0.717) is 12.4 Å². The first-order chi connectivity index (χ1) is 8.06. The summed E-state index contributed by atoms with van der Waals surface area (Å²) in [4.78, 5) is 22.2. The van der Waals surface area contributed by atoms with Crippen molar-refractivity contribution in [3.05, 3.63) is 12.7 Å². The Morgan fingerprint density at radius 2 is 2.35 bits per heavy atom. The Labute approximate surface area is 104 Å². The zero-order chi connectivity index (χ0) is 12.7. The molecule has 17 heavy (non-hydrogen) atoms. The second-order valence-corrected chi connectivity index (χ2v) is 4.74. The van der Waals surface area contributed by atoms with Crippen LogP contribution in [0.1, 0.15) is 13.3 Å². The van der Waals surface area contributed by atoms with Crippen molar-refractivity contribution in [3.63, 3.8) is 0 Å². The third-order valence-corrected chi connectivity index (χ3v) is 3.23. The molecule has 1 rings (SSSR count). The number of hydrogen-bond donors (Lipinski definition) is 0. The third kappa shape index (κ3) is 5.23. The van der Waals surface area contributed by atoms with Crippen molar-refractivity contribution in [3.8, 4) is 0 Å². The fourth-order valence-electron chi connectivity index (χ4n) is 1.26. The van der Waals surface area contributed by atoms with Gasteiger partial charge in [0.2, 0.25) is 5.79 Å². The average Bonchev–Trinajstić information content (AvgIpc) is 2.29. The van der Waals surface area contributed by atoms with Crippen LogP contribution < -0.4 is 0 Å². The fourth-order valence-corrected chi connectivity index (χ4v) is 2.12. The molecule has 0 aromatic carbocycles. The normalized spacial score (nSPS) is 23.8. The van der Waals surface area contributed by atoms with Crippen LogP contribution in [0.2, 0.25) is 0 Å². The van der Waals surface area contributed by atoms with E-state index in [1.54, 1.807) is 18.7 Å². The maximum absolute atomic E-state index is 11.5. The fraction of sp³-hybridized carbons (Fsp3) is 0.636. The summed E-state index contributed by atoms with van der Waals surface area (Å²) >= 11 is 1.68. The Bertz CT molecular complexity index is 296. The number of ether oxygens (including phenoxy) is 3. The van der Waals surface area contributed by atoms with Gasteiger partial charge in [-0.2, -0.15) is 11.8 Å². The minimum atomic E-state index is -0.859. The van der Waals surface area contributed by atoms with Crippen molar-refractivity contribution < 1.29 is 23.8 Å². The second kappa shape index (κ2) is 6.66. The first-order valence-corrected chi connectivity index (χ1v) is 6.44. The van der Waals surface area contributed by atoms with Gasteiger partial charge in [-0.15, -0.1) is 0 Å². The topological polar surface area (TPSA) is 61.8 Å². The molecule has 0 amide bonds. The molecular formula is C11H16O5S. The molecule has 0 saturated carbocycles. The van der Waals surface area contributed by atoms with Gasteiger partial charge in [-0.05, 0) is 0 Å². The lowest BCUT2D eigenvalue weighted by Crippen LogP contribution is -2.41. The Hall–Kier alpha value is -1.01. The van der Waals surface area contributed by atoms with Crippen LogP contribution in [-0.2, 0) is 23.8 Å². The molecule has 0 radical (unpaired) electrons. The van der Waals surface area contributed by atoms with Gasteiger partial charge in [0.25, 0.3) is 0 Å². The monoisotopic (exact) mass is 260 g/mol. The van der Waals surface area contributed by atoms with Gasteiger partial charge in [0.15, 0.2) is 0 Å². The molecule has 1 unspecified atom stereocenters. The molecule has 1 fully saturated rings. The number of thioether (sulfide) groups is 1. The highest BCUT2D eigenvalue weighted by molar-refractivity contribution is 7.99. The predicted octanol–water partition coefficient (Wildman–Crippen LogP) is 1.13. The zero-order valence-corrected chi connectivity index (χ0v) is 10.6. The molecule has 5 nitrogen and oxygen atoms in total. The largest absolute Gasteiger partial charge is 0.462 e. The molecule has 0 aromatic heterocycles. The molecule has 1 aliphatic rings. The van der Waals surface area contributed by atoms with Gasteiger partial charge in [-0.1, -0.05) is 6.58 Å². The van der Waals surface area contributed by atoms with Crippen LogP contribution in [-0.4, -0.2) is 42.4 Å². The Balaban J connectivity index is 2.24. The first-order valence-electron chi connectivity index (χ1n) is 5.28. The summed E-state index contributed by atoms with van der Waals surface area (Å²) in [7, 11) is 0. The van der Waals surface area contributed by atoms with E-state index in [1.165, 1.54) is 0 Å². The SMILES string of the molecule is C=CC(=O)OCCC(=O)OC1(C)CSCCO1. The molecular weight excluding hydrogens is 244 g/mol. The Kier molecular flexibility index (Phi) is 5.50. The summed E-state index contributed by atoms with van der Waals surface area (Å²) in [6, 6.07) is 0. The zero-order valence-electron chi connectivity index (χ0n) is 9.77. The average molecular weight is 260 g/mol. The summed E-state index contributed by atoms with van der Waals surface area (Å²) in [6.45, 7) is 5.54. The van der Waals surface area contributed by atoms with Crippen molar-refractivity contribution in [2.24, 2.45) is 0 Å². The highest BCUT2D eigenvalue weighted by Gasteiger charge is 2.32. The van der Waals surface area contributed by atoms with E-state index in [4.69, 9.17) is 9.47 Å². The van der Waals surface area contributed by atoms with E-state index in [-0.39, 0.29) is 13.0 Å². The minimum Gasteiger partial charge on any atom is -0.462 e. The molecule has 1 saturated heterocycles. The molecule has 0 aromatic rings. The number of hydrogen-bond acceptors (Lipinski definition) is 6. The lowest BCUT2D eigenvalue weighted by molar-refractivity contribution is -0.213. The van der Waals surface area contributed by atoms with Crippen LogP contribution in [0.3, 0.4) is 0 Å². The molecule has 0 spiro atoms. The van der Waals surface area contributed by atoms with Crippen molar-refractivity contribution in [2.75, 3.05) is 24.7 Å². The van der Waals surface area contributed by atoms with Crippen LogP contribution in [0, 0.1) is 0 Å². The van der Waals surface area contributed by atoms with Crippen LogP contribution in [0.25, 0.3) is 0 Å². The number of rotatable bonds is 5. The molecule has 6 heteroatoms. The molecule has 0 aliphatic carbocycles. The molecule has 1 atom stereocenters. The van der Waals surface area contributed by atoms with Gasteiger partial charge >= 0.3 is 11.9 Å². The molecule has 96 valence electrons. The van der Waals surface area contributed by atoms with Gasteiger partial charge in [0.1, 0.15) is 6.61 Å². The van der Waals surface area contributed by atoms with E-state index in [1.807, 2.05) is 0 Å². The van der Waals surface area contributed by atoms with E-state index in [9.17, 15) is 9.59 Å². The van der Waals surface area contributed by atoms with E-state index >= 15 is 0 Å². The van der Waals surface area contributed by atoms with Crippen LogP contribution in [0.5, 0.6) is 0 Å². The van der Waals surface area contributed by atoms with Crippen molar-refractivity contribution in [1.29, 1.82) is 0 Å². The Morgan fingerprint density at radius 3 is 2.94 bits per heavy atom. The lowest BCUT2D eigenvalue weighted by Gasteiger charge is -2.32. The number of carbonyl (C=O) groups excluding carboxylic acids is 2. The first kappa shape index (κ1) is 14.1. The molecule has 1 aliphatic heterocycles. The summed E-state index contributed by atoms with van der Waals surface area (Å²) in [5.41, 5.74) is 0. The van der Waals surface area contributed by atoms with Gasteiger partial charge in [-0.25, -0.2) is 4.79 Å². The van der Waals surface area contributed by atoms with Crippen molar-refractivity contribution in [1.82, 2.24) is 0 Å². The number of carbonyl (C=O) groups is 2.